The van der Waals surface area contributed by atoms with E-state index in [0.29, 0.717) is 5.95 Å². The average molecular weight is 242 g/mol. The third-order valence-electron chi connectivity index (χ3n) is 2.63. The minimum Gasteiger partial charge on any atom is -0.351 e. The molecular weight excluding hydrogens is 228 g/mol. The van der Waals surface area contributed by atoms with Gasteiger partial charge >= 0.3 is 0 Å². The largest absolute Gasteiger partial charge is 0.351 e. The molecule has 0 saturated carbocycles. The van der Waals surface area contributed by atoms with Gasteiger partial charge in [0.1, 0.15) is 0 Å². The fourth-order valence-corrected chi connectivity index (χ4v) is 1.78. The summed E-state index contributed by atoms with van der Waals surface area (Å²) in [5.74, 6) is 0.644. The number of nitrogens with zero attached hydrogens (tertiary/aromatic N) is 5. The zero-order valence-corrected chi connectivity index (χ0v) is 10.1. The van der Waals surface area contributed by atoms with E-state index in [1.807, 2.05) is 48.4 Å². The van der Waals surface area contributed by atoms with Crippen LogP contribution in [-0.2, 0) is 6.54 Å². The van der Waals surface area contributed by atoms with Crippen LogP contribution >= 0.6 is 0 Å². The van der Waals surface area contributed by atoms with Gasteiger partial charge in [0, 0.05) is 18.9 Å². The van der Waals surface area contributed by atoms with Gasteiger partial charge < -0.3 is 5.32 Å². The van der Waals surface area contributed by atoms with E-state index in [0.717, 1.165) is 18.7 Å². The monoisotopic (exact) mass is 242 g/mol. The molecular formula is C12H14N6. The molecule has 3 aromatic rings. The number of hydrogen-bond donors (Lipinski definition) is 1. The van der Waals surface area contributed by atoms with Crippen LogP contribution in [0.1, 0.15) is 5.56 Å². The van der Waals surface area contributed by atoms with Gasteiger partial charge in [0.05, 0.1) is 12.7 Å². The molecule has 0 fully saturated rings. The van der Waals surface area contributed by atoms with Crippen LogP contribution in [0.25, 0.3) is 5.65 Å². The van der Waals surface area contributed by atoms with E-state index in [2.05, 4.69) is 20.5 Å². The van der Waals surface area contributed by atoms with Crippen LogP contribution in [-0.4, -0.2) is 30.9 Å². The van der Waals surface area contributed by atoms with Gasteiger partial charge in [0.2, 0.25) is 5.95 Å². The van der Waals surface area contributed by atoms with E-state index in [1.54, 1.807) is 4.52 Å². The summed E-state index contributed by atoms with van der Waals surface area (Å²) < 4.78 is 3.65. The molecule has 1 N–H and O–H groups in total. The first-order valence-electron chi connectivity index (χ1n) is 5.85. The molecule has 0 bridgehead atoms. The second-order valence-electron chi connectivity index (χ2n) is 4.15. The Hall–Kier alpha value is -2.37. The van der Waals surface area contributed by atoms with Crippen LogP contribution in [0.2, 0.25) is 0 Å². The van der Waals surface area contributed by atoms with Crippen molar-refractivity contribution in [1.82, 2.24) is 24.4 Å². The lowest BCUT2D eigenvalue weighted by atomic mass is 10.4. The normalized spacial score (nSPS) is 10.9. The first-order valence-corrected chi connectivity index (χ1v) is 5.85. The highest BCUT2D eigenvalue weighted by Gasteiger charge is 2.01. The lowest BCUT2D eigenvalue weighted by molar-refractivity contribution is 0.635. The first kappa shape index (κ1) is 10.8. The van der Waals surface area contributed by atoms with Gasteiger partial charge in [-0.25, -0.2) is 4.52 Å². The number of aryl methyl sites for hydroxylation is 1. The Morgan fingerprint density at radius 1 is 1.33 bits per heavy atom. The third kappa shape index (κ3) is 2.17. The van der Waals surface area contributed by atoms with Gasteiger partial charge in [-0.05, 0) is 24.6 Å². The number of hydrogen-bond acceptors (Lipinski definition) is 4. The van der Waals surface area contributed by atoms with Crippen molar-refractivity contribution in [3.8, 4) is 0 Å². The second-order valence-corrected chi connectivity index (χ2v) is 4.15. The molecule has 0 atom stereocenters. The first-order chi connectivity index (χ1) is 8.81. The van der Waals surface area contributed by atoms with E-state index in [4.69, 9.17) is 0 Å². The zero-order valence-electron chi connectivity index (χ0n) is 10.1. The number of anilines is 1. The van der Waals surface area contributed by atoms with Crippen molar-refractivity contribution in [2.45, 2.75) is 13.5 Å². The topological polar surface area (TPSA) is 60.0 Å². The standard InChI is InChI=1S/C12H14N6/c1-10-8-14-17(9-10)7-5-13-12-15-11-4-2-3-6-18(11)16-12/h2-4,6,8-9H,5,7H2,1H3,(H,13,16). The second kappa shape index (κ2) is 4.48. The molecule has 0 aromatic carbocycles. The Morgan fingerprint density at radius 3 is 3.06 bits per heavy atom. The van der Waals surface area contributed by atoms with Crippen molar-refractivity contribution in [3.63, 3.8) is 0 Å². The fraction of sp³-hybridized carbons (Fsp3) is 0.250. The summed E-state index contributed by atoms with van der Waals surface area (Å²) in [6.07, 6.45) is 5.74. The van der Waals surface area contributed by atoms with Crippen molar-refractivity contribution in [2.24, 2.45) is 0 Å². The molecule has 3 rings (SSSR count). The molecule has 6 nitrogen and oxygen atoms in total. The summed E-state index contributed by atoms with van der Waals surface area (Å²) in [7, 11) is 0. The van der Waals surface area contributed by atoms with Crippen molar-refractivity contribution >= 4 is 11.6 Å². The number of aromatic nitrogens is 5. The quantitative estimate of drug-likeness (QED) is 0.750. The van der Waals surface area contributed by atoms with Crippen LogP contribution in [0.3, 0.4) is 0 Å². The van der Waals surface area contributed by atoms with Crippen LogP contribution in [0.5, 0.6) is 0 Å². The maximum absolute atomic E-state index is 4.36. The summed E-state index contributed by atoms with van der Waals surface area (Å²) in [5, 5.41) is 11.7. The third-order valence-corrected chi connectivity index (χ3v) is 2.63. The van der Waals surface area contributed by atoms with Crippen molar-refractivity contribution in [2.75, 3.05) is 11.9 Å². The zero-order chi connectivity index (χ0) is 12.4. The summed E-state index contributed by atoms with van der Waals surface area (Å²) in [4.78, 5) is 4.36. The molecule has 0 aliphatic carbocycles. The van der Waals surface area contributed by atoms with E-state index >= 15 is 0 Å². The number of nitrogens with one attached hydrogen (secondary N) is 1. The SMILES string of the molecule is Cc1cnn(CCNc2nc3ccccn3n2)c1. The molecule has 0 spiro atoms. The van der Waals surface area contributed by atoms with Crippen LogP contribution < -0.4 is 5.32 Å². The van der Waals surface area contributed by atoms with Crippen LogP contribution in [0.15, 0.2) is 36.8 Å². The summed E-state index contributed by atoms with van der Waals surface area (Å²) >= 11 is 0. The van der Waals surface area contributed by atoms with Crippen molar-refractivity contribution < 1.29 is 0 Å². The van der Waals surface area contributed by atoms with Gasteiger partial charge in [-0.1, -0.05) is 6.07 Å². The fourth-order valence-electron chi connectivity index (χ4n) is 1.78. The highest BCUT2D eigenvalue weighted by molar-refractivity contribution is 5.42. The molecule has 0 saturated heterocycles. The van der Waals surface area contributed by atoms with Gasteiger partial charge in [-0.3, -0.25) is 4.68 Å². The molecule has 0 aliphatic rings. The predicted molar refractivity (Wildman–Crippen MR) is 68.4 cm³/mol. The lowest BCUT2D eigenvalue weighted by Crippen LogP contribution is -2.11. The molecule has 3 aromatic heterocycles. The summed E-state index contributed by atoms with van der Waals surface area (Å²) in [6.45, 7) is 3.57. The number of pyridine rings is 1. The van der Waals surface area contributed by atoms with Gasteiger partial charge in [0.25, 0.3) is 0 Å². The summed E-state index contributed by atoms with van der Waals surface area (Å²) in [6, 6.07) is 5.80. The molecule has 0 aliphatic heterocycles. The maximum Gasteiger partial charge on any atom is 0.243 e. The van der Waals surface area contributed by atoms with Crippen LogP contribution in [0.4, 0.5) is 5.95 Å². The van der Waals surface area contributed by atoms with E-state index in [-0.39, 0.29) is 0 Å². The smallest absolute Gasteiger partial charge is 0.243 e. The highest BCUT2D eigenvalue weighted by Crippen LogP contribution is 2.04. The minimum absolute atomic E-state index is 0.644. The molecule has 0 radical (unpaired) electrons. The Labute approximate surface area is 104 Å². The lowest BCUT2D eigenvalue weighted by Gasteiger charge is -2.01. The Balaban J connectivity index is 1.62. The summed E-state index contributed by atoms with van der Waals surface area (Å²) in [5.41, 5.74) is 2.01. The number of rotatable bonds is 4. The van der Waals surface area contributed by atoms with E-state index < -0.39 is 0 Å². The molecule has 18 heavy (non-hydrogen) atoms. The van der Waals surface area contributed by atoms with Gasteiger partial charge in [0.15, 0.2) is 5.65 Å². The Bertz CT molecular complexity index is 620. The molecule has 3 heterocycles. The highest BCUT2D eigenvalue weighted by atomic mass is 15.3. The Morgan fingerprint density at radius 2 is 2.28 bits per heavy atom. The molecule has 6 heteroatoms. The maximum atomic E-state index is 4.36. The van der Waals surface area contributed by atoms with Gasteiger partial charge in [-0.2, -0.15) is 10.1 Å². The Kier molecular flexibility index (Phi) is 2.68. The average Bonchev–Trinajstić information content (AvgIpc) is 2.95. The van der Waals surface area contributed by atoms with Crippen molar-refractivity contribution in [3.05, 3.63) is 42.4 Å². The van der Waals surface area contributed by atoms with E-state index in [1.165, 1.54) is 5.56 Å². The molecule has 0 unspecified atom stereocenters. The van der Waals surface area contributed by atoms with E-state index in [9.17, 15) is 0 Å². The number of fused-ring (bicyclic) bond motifs is 1. The minimum atomic E-state index is 0.644. The van der Waals surface area contributed by atoms with Crippen LogP contribution in [0, 0.1) is 6.92 Å². The molecule has 0 amide bonds. The predicted octanol–water partition coefficient (Wildman–Crippen LogP) is 1.35. The van der Waals surface area contributed by atoms with Gasteiger partial charge in [-0.15, -0.1) is 5.10 Å². The molecule has 92 valence electrons. The van der Waals surface area contributed by atoms with Crippen molar-refractivity contribution in [1.29, 1.82) is 0 Å².